The van der Waals surface area contributed by atoms with Gasteiger partial charge >= 0.3 is 5.97 Å². The van der Waals surface area contributed by atoms with Crippen LogP contribution in [-0.2, 0) is 9.53 Å². The summed E-state index contributed by atoms with van der Waals surface area (Å²) in [7, 11) is 0. The number of ether oxygens (including phenoxy) is 1. The van der Waals surface area contributed by atoms with Crippen molar-refractivity contribution in [2.75, 3.05) is 0 Å². The second-order valence-corrected chi connectivity index (χ2v) is 17.2. The van der Waals surface area contributed by atoms with Gasteiger partial charge in [0.1, 0.15) is 6.10 Å². The van der Waals surface area contributed by atoms with Gasteiger partial charge < -0.3 is 4.74 Å². The van der Waals surface area contributed by atoms with E-state index in [1.807, 2.05) is 0 Å². The second kappa shape index (κ2) is 19.0. The molecule has 2 heteroatoms. The lowest BCUT2D eigenvalue weighted by Crippen LogP contribution is -2.51. The van der Waals surface area contributed by atoms with E-state index in [9.17, 15) is 4.79 Å². The third-order valence-corrected chi connectivity index (χ3v) is 13.6. The minimum absolute atomic E-state index is 0.0435. The summed E-state index contributed by atoms with van der Waals surface area (Å²) in [5.74, 6) is 5.28. The zero-order valence-corrected chi connectivity index (χ0v) is 31.7. The Morgan fingerprint density at radius 1 is 0.830 bits per heavy atom. The molecule has 2 nitrogen and oxygen atoms in total. The van der Waals surface area contributed by atoms with Crippen LogP contribution in [0.15, 0.2) is 48.1 Å². The van der Waals surface area contributed by atoms with Crippen LogP contribution in [0.1, 0.15) is 176 Å². The van der Waals surface area contributed by atoms with E-state index in [1.165, 1.54) is 83.5 Å². The molecular weight excluding hydrogens is 572 g/mol. The van der Waals surface area contributed by atoms with E-state index < -0.39 is 0 Å². The molecule has 8 atom stereocenters. The monoisotopic (exact) mass is 647 g/mol. The molecule has 0 aliphatic heterocycles. The van der Waals surface area contributed by atoms with E-state index in [0.29, 0.717) is 17.3 Å². The third-order valence-electron chi connectivity index (χ3n) is 13.6. The Balaban J connectivity index is 1.13. The van der Waals surface area contributed by atoms with Crippen molar-refractivity contribution >= 4 is 5.97 Å². The summed E-state index contributed by atoms with van der Waals surface area (Å²) < 4.78 is 6.12. The first-order valence-electron chi connectivity index (χ1n) is 20.5. The van der Waals surface area contributed by atoms with Gasteiger partial charge in [-0.1, -0.05) is 128 Å². The average Bonchev–Trinajstić information content (AvgIpc) is 3.40. The lowest BCUT2D eigenvalue weighted by Gasteiger charge is -2.58. The zero-order chi connectivity index (χ0) is 33.7. The van der Waals surface area contributed by atoms with Crippen LogP contribution in [0, 0.1) is 46.3 Å². The van der Waals surface area contributed by atoms with Gasteiger partial charge in [0, 0.05) is 12.8 Å². The van der Waals surface area contributed by atoms with Gasteiger partial charge in [-0.3, -0.25) is 4.79 Å². The van der Waals surface area contributed by atoms with Crippen molar-refractivity contribution < 1.29 is 9.53 Å². The molecule has 0 aromatic rings. The number of esters is 1. The Bertz CT molecular complexity index is 1060. The zero-order valence-electron chi connectivity index (χ0n) is 31.7. The number of allylic oxidation sites excluding steroid dienone is 7. The fraction of sp³-hybridized carbons (Fsp3) is 0.800. The smallest absolute Gasteiger partial charge is 0.306 e. The van der Waals surface area contributed by atoms with Crippen LogP contribution in [-0.4, -0.2) is 12.1 Å². The maximum atomic E-state index is 12.8. The highest BCUT2D eigenvalue weighted by atomic mass is 16.5. The molecule has 266 valence electrons. The lowest BCUT2D eigenvalue weighted by molar-refractivity contribution is -0.151. The molecule has 0 bridgehead atoms. The second-order valence-electron chi connectivity index (χ2n) is 17.2. The van der Waals surface area contributed by atoms with Crippen LogP contribution < -0.4 is 0 Å². The Labute approximate surface area is 291 Å². The largest absolute Gasteiger partial charge is 0.462 e. The summed E-state index contributed by atoms with van der Waals surface area (Å²) in [5.41, 5.74) is 2.51. The van der Waals surface area contributed by atoms with Gasteiger partial charge in [0.05, 0.1) is 0 Å². The number of hydrogen-bond acceptors (Lipinski definition) is 2. The van der Waals surface area contributed by atoms with Crippen molar-refractivity contribution in [1.29, 1.82) is 0 Å². The summed E-state index contributed by atoms with van der Waals surface area (Å²) in [4.78, 5) is 12.8. The molecule has 0 radical (unpaired) electrons. The quantitative estimate of drug-likeness (QED) is 0.0793. The van der Waals surface area contributed by atoms with Gasteiger partial charge in [-0.2, -0.15) is 0 Å². The fourth-order valence-electron chi connectivity index (χ4n) is 10.9. The highest BCUT2D eigenvalue weighted by Gasteiger charge is 2.59. The molecule has 0 spiro atoms. The molecule has 0 heterocycles. The van der Waals surface area contributed by atoms with E-state index in [1.54, 1.807) is 5.57 Å². The SMILES string of the molecule is CC/C=C/C/C=C/C/C=C/CCCCCCCC(=O)OC1CCC2(C)C(=CCC3C2CCC2(C)C(C(C)CCCC(C)C)CCC32)C1. The molecule has 4 aliphatic carbocycles. The first-order chi connectivity index (χ1) is 22.7. The predicted octanol–water partition coefficient (Wildman–Crippen LogP) is 13.5. The summed E-state index contributed by atoms with van der Waals surface area (Å²) in [5, 5.41) is 0. The molecule has 0 aromatic carbocycles. The van der Waals surface area contributed by atoms with Gasteiger partial charge in [-0.05, 0) is 130 Å². The van der Waals surface area contributed by atoms with Crippen LogP contribution in [0.4, 0.5) is 0 Å². The molecule has 3 fully saturated rings. The first-order valence-corrected chi connectivity index (χ1v) is 20.5. The van der Waals surface area contributed by atoms with Crippen molar-refractivity contribution in [1.82, 2.24) is 0 Å². The molecule has 0 amide bonds. The molecule has 4 rings (SSSR count). The summed E-state index contributed by atoms with van der Waals surface area (Å²) in [6, 6.07) is 0. The van der Waals surface area contributed by atoms with E-state index in [0.717, 1.165) is 80.5 Å². The van der Waals surface area contributed by atoms with Gasteiger partial charge in [0.25, 0.3) is 0 Å². The molecule has 3 saturated carbocycles. The number of fused-ring (bicyclic) bond motifs is 5. The number of carbonyl (C=O) groups excluding carboxylic acids is 1. The Morgan fingerprint density at radius 3 is 2.32 bits per heavy atom. The van der Waals surface area contributed by atoms with Gasteiger partial charge in [0.15, 0.2) is 0 Å². The normalized spacial score (nSPS) is 32.9. The molecular formula is C45H74O2. The minimum atomic E-state index is 0.0435. The van der Waals surface area contributed by atoms with E-state index >= 15 is 0 Å². The highest BCUT2D eigenvalue weighted by molar-refractivity contribution is 5.69. The minimum Gasteiger partial charge on any atom is -0.462 e. The number of carbonyl (C=O) groups is 1. The summed E-state index contributed by atoms with van der Waals surface area (Å²) in [6.07, 6.45) is 41.7. The van der Waals surface area contributed by atoms with E-state index in [4.69, 9.17) is 4.74 Å². The molecule has 0 N–H and O–H groups in total. The van der Waals surface area contributed by atoms with Crippen LogP contribution >= 0.6 is 0 Å². The molecule has 0 aromatic heterocycles. The fourth-order valence-corrected chi connectivity index (χ4v) is 10.9. The van der Waals surface area contributed by atoms with Crippen molar-refractivity contribution in [3.63, 3.8) is 0 Å². The summed E-state index contributed by atoms with van der Waals surface area (Å²) in [6.45, 7) is 14.8. The van der Waals surface area contributed by atoms with Crippen molar-refractivity contribution in [2.24, 2.45) is 46.3 Å². The molecule has 47 heavy (non-hydrogen) atoms. The average molecular weight is 647 g/mol. The van der Waals surface area contributed by atoms with Crippen LogP contribution in [0.2, 0.25) is 0 Å². The lowest BCUT2D eigenvalue weighted by atomic mass is 9.47. The highest BCUT2D eigenvalue weighted by Crippen LogP contribution is 2.67. The van der Waals surface area contributed by atoms with E-state index in [-0.39, 0.29) is 12.1 Å². The molecule has 4 aliphatic rings. The third kappa shape index (κ3) is 10.5. The van der Waals surface area contributed by atoms with Gasteiger partial charge in [0.2, 0.25) is 0 Å². The van der Waals surface area contributed by atoms with Crippen molar-refractivity contribution in [3.8, 4) is 0 Å². The topological polar surface area (TPSA) is 26.3 Å². The first kappa shape index (κ1) is 38.2. The van der Waals surface area contributed by atoms with Crippen LogP contribution in [0.25, 0.3) is 0 Å². The van der Waals surface area contributed by atoms with Gasteiger partial charge in [-0.25, -0.2) is 0 Å². The maximum absolute atomic E-state index is 12.8. The van der Waals surface area contributed by atoms with Crippen LogP contribution in [0.3, 0.4) is 0 Å². The number of unbranched alkanes of at least 4 members (excludes halogenated alkanes) is 5. The number of rotatable bonds is 19. The van der Waals surface area contributed by atoms with Crippen molar-refractivity contribution in [2.45, 2.75) is 182 Å². The Kier molecular flexibility index (Phi) is 15.4. The standard InChI is InChI=1S/C45H74O2/c1-7-8-9-10-11-12-13-14-15-16-17-18-19-20-21-25-43(46)47-38-30-32-44(5)37(34-38)26-27-39-41-29-28-40(36(4)24-22-23-35(2)3)45(41,6)33-31-42(39)44/h8-9,11-12,14-15,26,35-36,38-42H,7,10,13,16-25,27-34H2,1-6H3/b9-8+,12-11+,15-14+. The molecule has 0 saturated heterocycles. The summed E-state index contributed by atoms with van der Waals surface area (Å²) >= 11 is 0. The number of hydrogen-bond donors (Lipinski definition) is 0. The van der Waals surface area contributed by atoms with Crippen LogP contribution in [0.5, 0.6) is 0 Å². The predicted molar refractivity (Wildman–Crippen MR) is 202 cm³/mol. The molecule has 8 unspecified atom stereocenters. The van der Waals surface area contributed by atoms with Crippen molar-refractivity contribution in [3.05, 3.63) is 48.1 Å². The van der Waals surface area contributed by atoms with E-state index in [2.05, 4.69) is 84.1 Å². The maximum Gasteiger partial charge on any atom is 0.306 e. The van der Waals surface area contributed by atoms with Gasteiger partial charge in [-0.15, -0.1) is 0 Å². The Morgan fingerprint density at radius 2 is 1.55 bits per heavy atom. The Hall–Kier alpha value is -1.57.